The number of hydrogen-bond donors (Lipinski definition) is 1. The average Bonchev–Trinajstić information content (AvgIpc) is 3.02. The summed E-state index contributed by atoms with van der Waals surface area (Å²) in [6.45, 7) is 3.71. The quantitative estimate of drug-likeness (QED) is 0.792. The van der Waals surface area contributed by atoms with E-state index in [1.807, 2.05) is 6.07 Å². The summed E-state index contributed by atoms with van der Waals surface area (Å²) < 4.78 is 2.29. The third kappa shape index (κ3) is 2.17. The molecular formula is C15H17N3S. The van der Waals surface area contributed by atoms with Gasteiger partial charge in [0.1, 0.15) is 5.82 Å². The molecule has 3 nitrogen and oxygen atoms in total. The first-order valence-electron chi connectivity index (χ1n) is 6.53. The molecule has 0 fully saturated rings. The SMILES string of the molecule is CCn1c(Cc2ccsc2CN)nc2ccccc21. The van der Waals surface area contributed by atoms with Crippen LogP contribution in [0.3, 0.4) is 0 Å². The zero-order valence-electron chi connectivity index (χ0n) is 11.0. The standard InChI is InChI=1S/C15H17N3S/c1-2-18-13-6-4-3-5-12(13)17-15(18)9-11-7-8-19-14(11)10-16/h3-8H,2,9-10,16H2,1H3. The highest BCUT2D eigenvalue weighted by Crippen LogP contribution is 2.22. The van der Waals surface area contributed by atoms with E-state index >= 15 is 0 Å². The number of thiophene rings is 1. The van der Waals surface area contributed by atoms with Crippen molar-refractivity contribution in [1.82, 2.24) is 9.55 Å². The summed E-state index contributed by atoms with van der Waals surface area (Å²) >= 11 is 1.73. The smallest absolute Gasteiger partial charge is 0.114 e. The van der Waals surface area contributed by atoms with Gasteiger partial charge in [0.15, 0.2) is 0 Å². The largest absolute Gasteiger partial charge is 0.328 e. The van der Waals surface area contributed by atoms with E-state index in [1.54, 1.807) is 11.3 Å². The molecule has 3 rings (SSSR count). The number of aromatic nitrogens is 2. The van der Waals surface area contributed by atoms with Crippen molar-refractivity contribution in [2.75, 3.05) is 0 Å². The topological polar surface area (TPSA) is 43.8 Å². The van der Waals surface area contributed by atoms with Crippen LogP contribution < -0.4 is 5.73 Å². The van der Waals surface area contributed by atoms with Crippen molar-refractivity contribution < 1.29 is 0 Å². The zero-order chi connectivity index (χ0) is 13.2. The maximum absolute atomic E-state index is 5.78. The molecule has 2 N–H and O–H groups in total. The monoisotopic (exact) mass is 271 g/mol. The van der Waals surface area contributed by atoms with Gasteiger partial charge in [0.05, 0.1) is 11.0 Å². The van der Waals surface area contributed by atoms with Gasteiger partial charge in [-0.15, -0.1) is 11.3 Å². The van der Waals surface area contributed by atoms with Crippen LogP contribution in [0.25, 0.3) is 11.0 Å². The van der Waals surface area contributed by atoms with Gasteiger partial charge in [0.25, 0.3) is 0 Å². The maximum Gasteiger partial charge on any atom is 0.114 e. The van der Waals surface area contributed by atoms with Crippen LogP contribution >= 0.6 is 11.3 Å². The van der Waals surface area contributed by atoms with Crippen molar-refractivity contribution in [2.45, 2.75) is 26.4 Å². The van der Waals surface area contributed by atoms with E-state index in [4.69, 9.17) is 10.7 Å². The number of nitrogens with zero attached hydrogens (tertiary/aromatic N) is 2. The van der Waals surface area contributed by atoms with Crippen molar-refractivity contribution in [3.05, 3.63) is 52.0 Å². The normalized spacial score (nSPS) is 11.3. The van der Waals surface area contributed by atoms with Gasteiger partial charge in [0.2, 0.25) is 0 Å². The predicted octanol–water partition coefficient (Wildman–Crippen LogP) is 3.17. The number of fused-ring (bicyclic) bond motifs is 1. The highest BCUT2D eigenvalue weighted by Gasteiger charge is 2.11. The lowest BCUT2D eigenvalue weighted by Crippen LogP contribution is -2.04. The third-order valence-electron chi connectivity index (χ3n) is 3.42. The Morgan fingerprint density at radius 1 is 1.26 bits per heavy atom. The molecule has 4 heteroatoms. The molecule has 1 aromatic carbocycles. The molecule has 0 amide bonds. The van der Waals surface area contributed by atoms with Gasteiger partial charge in [-0.3, -0.25) is 0 Å². The number of hydrogen-bond acceptors (Lipinski definition) is 3. The first kappa shape index (κ1) is 12.4. The molecule has 0 spiro atoms. The molecule has 19 heavy (non-hydrogen) atoms. The van der Waals surface area contributed by atoms with Crippen LogP contribution in [0.1, 0.15) is 23.2 Å². The predicted molar refractivity (Wildman–Crippen MR) is 80.4 cm³/mol. The van der Waals surface area contributed by atoms with Crippen LogP contribution in [0.4, 0.5) is 0 Å². The Kier molecular flexibility index (Phi) is 3.36. The van der Waals surface area contributed by atoms with Crippen LogP contribution in [0.15, 0.2) is 35.7 Å². The second-order valence-corrected chi connectivity index (χ2v) is 5.51. The van der Waals surface area contributed by atoms with Crippen LogP contribution in [0.2, 0.25) is 0 Å². The van der Waals surface area contributed by atoms with Crippen molar-refractivity contribution >= 4 is 22.4 Å². The van der Waals surface area contributed by atoms with Crippen LogP contribution in [-0.2, 0) is 19.5 Å². The fraction of sp³-hybridized carbons (Fsp3) is 0.267. The molecule has 2 heterocycles. The summed E-state index contributed by atoms with van der Waals surface area (Å²) in [5.41, 5.74) is 9.37. The summed E-state index contributed by atoms with van der Waals surface area (Å²) in [7, 11) is 0. The highest BCUT2D eigenvalue weighted by molar-refractivity contribution is 7.10. The highest BCUT2D eigenvalue weighted by atomic mass is 32.1. The van der Waals surface area contributed by atoms with Crippen LogP contribution in [0, 0.1) is 0 Å². The van der Waals surface area contributed by atoms with E-state index in [2.05, 4.69) is 41.1 Å². The summed E-state index contributed by atoms with van der Waals surface area (Å²) in [5.74, 6) is 1.12. The Morgan fingerprint density at radius 2 is 2.11 bits per heavy atom. The van der Waals surface area contributed by atoms with Crippen molar-refractivity contribution in [1.29, 1.82) is 0 Å². The molecule has 3 aromatic rings. The fourth-order valence-corrected chi connectivity index (χ4v) is 3.27. The molecule has 0 aliphatic carbocycles. The lowest BCUT2D eigenvalue weighted by Gasteiger charge is -2.06. The molecule has 0 aliphatic heterocycles. The number of aryl methyl sites for hydroxylation is 1. The van der Waals surface area contributed by atoms with E-state index in [-0.39, 0.29) is 0 Å². The molecule has 0 saturated carbocycles. The average molecular weight is 271 g/mol. The lowest BCUT2D eigenvalue weighted by atomic mass is 10.2. The number of imidazole rings is 1. The molecule has 98 valence electrons. The number of para-hydroxylation sites is 2. The molecule has 0 aliphatic rings. The van der Waals surface area contributed by atoms with Crippen LogP contribution in [-0.4, -0.2) is 9.55 Å². The van der Waals surface area contributed by atoms with Gasteiger partial charge in [-0.2, -0.15) is 0 Å². The van der Waals surface area contributed by atoms with Gasteiger partial charge in [0, 0.05) is 24.4 Å². The number of nitrogens with two attached hydrogens (primary N) is 1. The molecular weight excluding hydrogens is 254 g/mol. The van der Waals surface area contributed by atoms with E-state index in [9.17, 15) is 0 Å². The molecule has 0 unspecified atom stereocenters. The van der Waals surface area contributed by atoms with Crippen molar-refractivity contribution in [3.63, 3.8) is 0 Å². The number of rotatable bonds is 4. The molecule has 0 bridgehead atoms. The molecule has 0 atom stereocenters. The maximum atomic E-state index is 5.78. The van der Waals surface area contributed by atoms with Crippen molar-refractivity contribution in [3.8, 4) is 0 Å². The Bertz CT molecular complexity index is 696. The summed E-state index contributed by atoms with van der Waals surface area (Å²) in [4.78, 5) is 6.02. The second kappa shape index (κ2) is 5.15. The Labute approximate surface area is 116 Å². The fourth-order valence-electron chi connectivity index (χ4n) is 2.49. The minimum Gasteiger partial charge on any atom is -0.328 e. The first-order valence-corrected chi connectivity index (χ1v) is 7.41. The Balaban J connectivity index is 2.05. The van der Waals surface area contributed by atoms with E-state index in [0.717, 1.165) is 24.3 Å². The van der Waals surface area contributed by atoms with Gasteiger partial charge >= 0.3 is 0 Å². The van der Waals surface area contributed by atoms with Crippen molar-refractivity contribution in [2.24, 2.45) is 5.73 Å². The molecule has 0 saturated heterocycles. The van der Waals surface area contributed by atoms with Gasteiger partial charge in [-0.05, 0) is 36.1 Å². The summed E-state index contributed by atoms with van der Waals surface area (Å²) in [5, 5.41) is 2.11. The third-order valence-corrected chi connectivity index (χ3v) is 4.41. The lowest BCUT2D eigenvalue weighted by molar-refractivity contribution is 0.732. The minimum absolute atomic E-state index is 0.610. The number of benzene rings is 1. The van der Waals surface area contributed by atoms with Gasteiger partial charge in [-0.1, -0.05) is 12.1 Å². The van der Waals surface area contributed by atoms with E-state index < -0.39 is 0 Å². The Morgan fingerprint density at radius 3 is 2.89 bits per heavy atom. The minimum atomic E-state index is 0.610. The van der Waals surface area contributed by atoms with E-state index in [0.29, 0.717) is 6.54 Å². The summed E-state index contributed by atoms with van der Waals surface area (Å²) in [6, 6.07) is 10.5. The van der Waals surface area contributed by atoms with Gasteiger partial charge < -0.3 is 10.3 Å². The first-order chi connectivity index (χ1) is 9.33. The summed E-state index contributed by atoms with van der Waals surface area (Å²) in [6.07, 6.45) is 0.860. The van der Waals surface area contributed by atoms with Crippen LogP contribution in [0.5, 0.6) is 0 Å². The Hall–Kier alpha value is -1.65. The van der Waals surface area contributed by atoms with E-state index in [1.165, 1.54) is 16.0 Å². The second-order valence-electron chi connectivity index (χ2n) is 4.51. The zero-order valence-corrected chi connectivity index (χ0v) is 11.8. The van der Waals surface area contributed by atoms with Gasteiger partial charge in [-0.25, -0.2) is 4.98 Å². The molecule has 2 aromatic heterocycles. The molecule has 0 radical (unpaired) electrons.